The third-order valence-electron chi connectivity index (χ3n) is 4.77. The summed E-state index contributed by atoms with van der Waals surface area (Å²) in [4.78, 5) is 26.1. The first-order valence-electron chi connectivity index (χ1n) is 9.46. The minimum Gasteiger partial charge on any atom is -0.497 e. The van der Waals surface area contributed by atoms with Crippen molar-refractivity contribution in [3.05, 3.63) is 51.9 Å². The highest BCUT2D eigenvalue weighted by molar-refractivity contribution is 7.17. The van der Waals surface area contributed by atoms with Crippen LogP contribution in [0.4, 0.5) is 5.00 Å². The maximum atomic E-state index is 12.5. The Morgan fingerprint density at radius 1 is 1.29 bits per heavy atom. The number of esters is 1. The summed E-state index contributed by atoms with van der Waals surface area (Å²) in [5, 5.41) is 3.47. The van der Waals surface area contributed by atoms with Crippen LogP contribution in [0.2, 0.25) is 0 Å². The number of ether oxygens (including phenoxy) is 2. The number of nitrogens with one attached hydrogen (secondary N) is 1. The quantitative estimate of drug-likeness (QED) is 0.564. The maximum Gasteiger partial charge on any atom is 0.341 e. The minimum atomic E-state index is -0.357. The highest BCUT2D eigenvalue weighted by Crippen LogP contribution is 2.40. The lowest BCUT2D eigenvalue weighted by Crippen LogP contribution is -2.15. The van der Waals surface area contributed by atoms with Crippen LogP contribution < -0.4 is 10.1 Å². The summed E-state index contributed by atoms with van der Waals surface area (Å²) in [6.07, 6.45) is 6.02. The fourth-order valence-corrected chi connectivity index (χ4v) is 4.70. The van der Waals surface area contributed by atoms with Gasteiger partial charge in [-0.1, -0.05) is 19.1 Å². The smallest absolute Gasteiger partial charge is 0.341 e. The second kappa shape index (κ2) is 9.06. The van der Waals surface area contributed by atoms with Crippen LogP contribution >= 0.6 is 11.3 Å². The number of methoxy groups -OCH3 is 1. The molecule has 1 N–H and O–H groups in total. The number of hydrogen-bond acceptors (Lipinski definition) is 5. The Bertz CT molecular complexity index is 883. The van der Waals surface area contributed by atoms with Gasteiger partial charge in [0, 0.05) is 11.0 Å². The van der Waals surface area contributed by atoms with E-state index in [1.165, 1.54) is 22.3 Å². The van der Waals surface area contributed by atoms with E-state index in [4.69, 9.17) is 9.47 Å². The van der Waals surface area contributed by atoms with Gasteiger partial charge in [-0.3, -0.25) is 4.79 Å². The molecule has 6 heteroatoms. The highest BCUT2D eigenvalue weighted by atomic mass is 32.1. The van der Waals surface area contributed by atoms with Gasteiger partial charge in [-0.05, 0) is 61.4 Å². The molecule has 1 aromatic carbocycles. The average molecular weight is 400 g/mol. The summed E-state index contributed by atoms with van der Waals surface area (Å²) < 4.78 is 10.4. The lowest BCUT2D eigenvalue weighted by Gasteiger charge is -2.18. The van der Waals surface area contributed by atoms with Crippen molar-refractivity contribution >= 4 is 34.3 Å². The van der Waals surface area contributed by atoms with Crippen LogP contribution in [-0.4, -0.2) is 25.6 Å². The molecule has 1 heterocycles. The molecule has 5 nitrogen and oxygen atoms in total. The molecule has 1 aliphatic rings. The van der Waals surface area contributed by atoms with Crippen LogP contribution in [0, 0.1) is 5.92 Å². The number of thiophene rings is 1. The fourth-order valence-electron chi connectivity index (χ4n) is 3.30. The predicted octanol–water partition coefficient (Wildman–Crippen LogP) is 4.71. The largest absolute Gasteiger partial charge is 0.497 e. The van der Waals surface area contributed by atoms with Gasteiger partial charge >= 0.3 is 5.97 Å². The van der Waals surface area contributed by atoms with Crippen LogP contribution in [0.3, 0.4) is 0 Å². The van der Waals surface area contributed by atoms with Crippen LogP contribution in [0.1, 0.15) is 46.6 Å². The number of carbonyl (C=O) groups excluding carboxylic acids is 2. The van der Waals surface area contributed by atoms with Crippen molar-refractivity contribution in [3.63, 3.8) is 0 Å². The summed E-state index contributed by atoms with van der Waals surface area (Å²) in [5.41, 5.74) is 2.46. The van der Waals surface area contributed by atoms with Crippen LogP contribution in [0.5, 0.6) is 5.75 Å². The molecule has 0 saturated heterocycles. The highest BCUT2D eigenvalue weighted by Gasteiger charge is 2.28. The third kappa shape index (κ3) is 4.62. The van der Waals surface area contributed by atoms with Crippen LogP contribution in [0.15, 0.2) is 30.3 Å². The van der Waals surface area contributed by atoms with Gasteiger partial charge in [0.15, 0.2) is 0 Å². The zero-order chi connectivity index (χ0) is 20.1. The molecule has 1 amide bonds. The molecule has 0 saturated carbocycles. The van der Waals surface area contributed by atoms with E-state index in [0.29, 0.717) is 23.1 Å². The van der Waals surface area contributed by atoms with Gasteiger partial charge in [-0.25, -0.2) is 4.79 Å². The topological polar surface area (TPSA) is 64.6 Å². The number of carbonyl (C=O) groups is 2. The van der Waals surface area contributed by atoms with Gasteiger partial charge in [0.05, 0.1) is 19.3 Å². The van der Waals surface area contributed by atoms with E-state index in [1.807, 2.05) is 24.3 Å². The molecule has 0 fully saturated rings. The number of fused-ring (bicyclic) bond motifs is 1. The predicted molar refractivity (Wildman–Crippen MR) is 112 cm³/mol. The van der Waals surface area contributed by atoms with Crippen molar-refractivity contribution in [2.24, 2.45) is 5.92 Å². The number of amides is 1. The Morgan fingerprint density at radius 2 is 2.04 bits per heavy atom. The van der Waals surface area contributed by atoms with Crippen LogP contribution in [-0.2, 0) is 22.4 Å². The molecule has 0 aliphatic heterocycles. The fraction of sp³-hybridized carbons (Fsp3) is 0.364. The second-order valence-corrected chi connectivity index (χ2v) is 7.98. The molecule has 148 valence electrons. The summed E-state index contributed by atoms with van der Waals surface area (Å²) in [6, 6.07) is 7.42. The Labute approximate surface area is 169 Å². The third-order valence-corrected chi connectivity index (χ3v) is 5.94. The number of hydrogen-bond donors (Lipinski definition) is 1. The van der Waals surface area contributed by atoms with E-state index >= 15 is 0 Å². The van der Waals surface area contributed by atoms with E-state index in [1.54, 1.807) is 20.1 Å². The monoisotopic (exact) mass is 399 g/mol. The molecule has 1 aromatic heterocycles. The molecular formula is C22H25NO4S. The normalized spacial score (nSPS) is 15.9. The van der Waals surface area contributed by atoms with Gasteiger partial charge in [0.2, 0.25) is 5.91 Å². The zero-order valence-corrected chi connectivity index (χ0v) is 17.2. The van der Waals surface area contributed by atoms with Crippen molar-refractivity contribution < 1.29 is 19.1 Å². The minimum absolute atomic E-state index is 0.270. The first-order valence-corrected chi connectivity index (χ1v) is 10.3. The summed E-state index contributed by atoms with van der Waals surface area (Å²) in [5.74, 6) is 0.718. The molecule has 0 bridgehead atoms. The lowest BCUT2D eigenvalue weighted by atomic mass is 9.88. The molecule has 1 aliphatic carbocycles. The number of anilines is 1. The Morgan fingerprint density at radius 3 is 2.71 bits per heavy atom. The van der Waals surface area contributed by atoms with Crippen molar-refractivity contribution in [3.8, 4) is 5.75 Å². The van der Waals surface area contributed by atoms with Crippen molar-refractivity contribution in [1.29, 1.82) is 0 Å². The van der Waals surface area contributed by atoms with E-state index < -0.39 is 0 Å². The van der Waals surface area contributed by atoms with Gasteiger partial charge in [0.1, 0.15) is 10.8 Å². The van der Waals surface area contributed by atoms with Gasteiger partial charge in [-0.2, -0.15) is 0 Å². The summed E-state index contributed by atoms with van der Waals surface area (Å²) in [6.45, 7) is 4.31. The first kappa shape index (κ1) is 20.1. The van der Waals surface area contributed by atoms with Crippen LogP contribution in [0.25, 0.3) is 6.08 Å². The Kier molecular flexibility index (Phi) is 6.52. The Hall–Kier alpha value is -2.60. The van der Waals surface area contributed by atoms with Gasteiger partial charge in [0.25, 0.3) is 0 Å². The van der Waals surface area contributed by atoms with E-state index in [-0.39, 0.29) is 11.9 Å². The zero-order valence-electron chi connectivity index (χ0n) is 16.4. The molecule has 0 spiro atoms. The second-order valence-electron chi connectivity index (χ2n) is 6.87. The van der Waals surface area contributed by atoms with E-state index in [2.05, 4.69) is 12.2 Å². The molecule has 3 rings (SSSR count). The average Bonchev–Trinajstić information content (AvgIpc) is 3.03. The number of benzene rings is 1. The SMILES string of the molecule is CCOC(=O)c1c(NC(=O)/C=C/c2ccc(OC)cc2)sc2c1CC[C@@H](C)C2. The van der Waals surface area contributed by atoms with Gasteiger partial charge < -0.3 is 14.8 Å². The van der Waals surface area contributed by atoms with Gasteiger partial charge in [-0.15, -0.1) is 11.3 Å². The molecule has 28 heavy (non-hydrogen) atoms. The molecule has 0 radical (unpaired) electrons. The van der Waals surface area contributed by atoms with Crippen molar-refractivity contribution in [2.75, 3.05) is 19.0 Å². The van der Waals surface area contributed by atoms with E-state index in [0.717, 1.165) is 36.1 Å². The first-order chi connectivity index (χ1) is 13.5. The standard InChI is InChI=1S/C22H25NO4S/c1-4-27-22(25)20-17-11-5-14(2)13-18(17)28-21(20)23-19(24)12-8-15-6-9-16(26-3)10-7-15/h6-10,12,14H,4-5,11,13H2,1-3H3,(H,23,24)/b12-8+/t14-/m1/s1. The molecular weight excluding hydrogens is 374 g/mol. The maximum absolute atomic E-state index is 12.5. The van der Waals surface area contributed by atoms with Crippen molar-refractivity contribution in [2.45, 2.75) is 33.1 Å². The molecule has 0 unspecified atom stereocenters. The van der Waals surface area contributed by atoms with Crippen molar-refractivity contribution in [1.82, 2.24) is 0 Å². The number of rotatable bonds is 6. The molecule has 2 aromatic rings. The summed E-state index contributed by atoms with van der Waals surface area (Å²) in [7, 11) is 1.61. The van der Waals surface area contributed by atoms with E-state index in [9.17, 15) is 9.59 Å². The Balaban J connectivity index is 1.79. The molecule has 1 atom stereocenters. The lowest BCUT2D eigenvalue weighted by molar-refractivity contribution is -0.111. The summed E-state index contributed by atoms with van der Waals surface area (Å²) >= 11 is 1.49.